The summed E-state index contributed by atoms with van der Waals surface area (Å²) in [5, 5.41) is 0. The second-order valence-electron chi connectivity index (χ2n) is 5.79. The minimum atomic E-state index is -4.39. The fourth-order valence-electron chi connectivity index (χ4n) is 2.53. The number of pyridine rings is 1. The summed E-state index contributed by atoms with van der Waals surface area (Å²) >= 11 is 0. The van der Waals surface area contributed by atoms with Gasteiger partial charge in [0, 0.05) is 11.8 Å². The van der Waals surface area contributed by atoms with Crippen LogP contribution in [0.2, 0.25) is 0 Å². The second-order valence-corrected chi connectivity index (χ2v) is 5.79. The van der Waals surface area contributed by atoms with Crippen LogP contribution >= 0.6 is 0 Å². The fourth-order valence-corrected chi connectivity index (χ4v) is 2.53. The molecule has 0 aliphatic heterocycles. The third-order valence-electron chi connectivity index (χ3n) is 3.91. The van der Waals surface area contributed by atoms with Crippen LogP contribution in [0, 0.1) is 0 Å². The van der Waals surface area contributed by atoms with Crippen LogP contribution in [0.5, 0.6) is 0 Å². The minimum Gasteiger partial charge on any atom is -0.251 e. The summed E-state index contributed by atoms with van der Waals surface area (Å²) < 4.78 is 37.5. The summed E-state index contributed by atoms with van der Waals surface area (Å²) in [6, 6.07) is 10.5. The molecule has 1 nitrogen and oxygen atoms in total. The van der Waals surface area contributed by atoms with Crippen molar-refractivity contribution in [2.24, 2.45) is 0 Å². The summed E-state index contributed by atoms with van der Waals surface area (Å²) in [4.78, 5) is 3.50. The number of aromatic nitrogens is 1. The number of benzene rings is 1. The number of aryl methyl sites for hydroxylation is 1. The maximum Gasteiger partial charge on any atom is 0.433 e. The molecule has 1 aromatic heterocycles. The number of halogens is 3. The van der Waals surface area contributed by atoms with Crippen molar-refractivity contribution in [1.29, 1.82) is 0 Å². The molecule has 2 rings (SSSR count). The van der Waals surface area contributed by atoms with Crippen LogP contribution in [0.15, 0.2) is 42.6 Å². The largest absolute Gasteiger partial charge is 0.433 e. The van der Waals surface area contributed by atoms with E-state index in [0.717, 1.165) is 18.1 Å². The first-order valence-corrected chi connectivity index (χ1v) is 8.13. The Morgan fingerprint density at radius 3 is 2.04 bits per heavy atom. The van der Waals surface area contributed by atoms with E-state index in [1.807, 2.05) is 24.3 Å². The standard InChI is InChI=1S/C19H22F3N/c1-2-3-4-5-6-7-15-8-10-16(11-9-15)17-12-13-18(23-14-17)19(20,21)22/h8-14H,2-7H2,1H3. The van der Waals surface area contributed by atoms with Crippen LogP contribution in [0.1, 0.15) is 50.3 Å². The van der Waals surface area contributed by atoms with E-state index in [2.05, 4.69) is 11.9 Å². The Bertz CT molecular complexity index is 586. The molecule has 0 N–H and O–H groups in total. The first-order valence-electron chi connectivity index (χ1n) is 8.13. The predicted molar refractivity (Wildman–Crippen MR) is 87.1 cm³/mol. The minimum absolute atomic E-state index is 0.701. The number of hydrogen-bond donors (Lipinski definition) is 0. The average molecular weight is 321 g/mol. The van der Waals surface area contributed by atoms with Gasteiger partial charge >= 0.3 is 6.18 Å². The third-order valence-corrected chi connectivity index (χ3v) is 3.91. The Labute approximate surface area is 135 Å². The van der Waals surface area contributed by atoms with Gasteiger partial charge in [-0.25, -0.2) is 0 Å². The monoisotopic (exact) mass is 321 g/mol. The van der Waals surface area contributed by atoms with E-state index in [0.29, 0.717) is 5.56 Å². The van der Waals surface area contributed by atoms with E-state index in [1.165, 1.54) is 49.9 Å². The zero-order valence-corrected chi connectivity index (χ0v) is 13.4. The molecule has 0 bridgehead atoms. The summed E-state index contributed by atoms with van der Waals surface area (Å²) in [5.41, 5.74) is 2.00. The highest BCUT2D eigenvalue weighted by Crippen LogP contribution is 2.29. The zero-order valence-electron chi connectivity index (χ0n) is 13.4. The molecule has 0 saturated carbocycles. The van der Waals surface area contributed by atoms with Crippen LogP contribution in [-0.4, -0.2) is 4.98 Å². The molecule has 0 fully saturated rings. The second kappa shape index (κ2) is 8.14. The fraction of sp³-hybridized carbons (Fsp3) is 0.421. The molecule has 0 atom stereocenters. The van der Waals surface area contributed by atoms with E-state index >= 15 is 0 Å². The van der Waals surface area contributed by atoms with Crippen molar-refractivity contribution in [2.45, 2.75) is 51.6 Å². The van der Waals surface area contributed by atoms with E-state index < -0.39 is 11.9 Å². The Balaban J connectivity index is 1.94. The Hall–Kier alpha value is -1.84. The number of nitrogens with zero attached hydrogens (tertiary/aromatic N) is 1. The Kier molecular flexibility index (Phi) is 6.20. The molecule has 4 heteroatoms. The first kappa shape index (κ1) is 17.5. The van der Waals surface area contributed by atoms with Gasteiger partial charge in [-0.05, 0) is 30.0 Å². The molecule has 124 valence electrons. The van der Waals surface area contributed by atoms with E-state index in [1.54, 1.807) is 0 Å². The van der Waals surface area contributed by atoms with Crippen LogP contribution < -0.4 is 0 Å². The van der Waals surface area contributed by atoms with Gasteiger partial charge in [0.2, 0.25) is 0 Å². The van der Waals surface area contributed by atoms with Gasteiger partial charge in [0.1, 0.15) is 5.69 Å². The summed E-state index contributed by atoms with van der Waals surface area (Å²) in [6.07, 6.45) is 4.19. The lowest BCUT2D eigenvalue weighted by Crippen LogP contribution is -2.07. The van der Waals surface area contributed by atoms with Gasteiger partial charge in [-0.3, -0.25) is 4.98 Å². The molecule has 0 spiro atoms. The summed E-state index contributed by atoms with van der Waals surface area (Å²) in [5.74, 6) is 0. The SMILES string of the molecule is CCCCCCCc1ccc(-c2ccc(C(F)(F)F)nc2)cc1. The number of rotatable bonds is 7. The van der Waals surface area contributed by atoms with Gasteiger partial charge in [-0.1, -0.05) is 62.9 Å². The van der Waals surface area contributed by atoms with Crippen LogP contribution in [0.25, 0.3) is 11.1 Å². The lowest BCUT2D eigenvalue weighted by molar-refractivity contribution is -0.141. The lowest BCUT2D eigenvalue weighted by atomic mass is 10.0. The molecule has 0 radical (unpaired) electrons. The van der Waals surface area contributed by atoms with Crippen molar-refractivity contribution in [3.63, 3.8) is 0 Å². The van der Waals surface area contributed by atoms with E-state index in [9.17, 15) is 13.2 Å². The topological polar surface area (TPSA) is 12.9 Å². The van der Waals surface area contributed by atoms with Gasteiger partial charge in [-0.2, -0.15) is 13.2 Å². The molecule has 0 amide bonds. The van der Waals surface area contributed by atoms with Crippen LogP contribution in [-0.2, 0) is 12.6 Å². The van der Waals surface area contributed by atoms with Crippen LogP contribution in [0.4, 0.5) is 13.2 Å². The Morgan fingerprint density at radius 2 is 1.48 bits per heavy atom. The highest BCUT2D eigenvalue weighted by Gasteiger charge is 2.31. The maximum atomic E-state index is 12.5. The van der Waals surface area contributed by atoms with Gasteiger partial charge in [0.25, 0.3) is 0 Å². The molecular weight excluding hydrogens is 299 g/mol. The molecule has 1 heterocycles. The van der Waals surface area contributed by atoms with Crippen molar-refractivity contribution in [1.82, 2.24) is 4.98 Å². The van der Waals surface area contributed by atoms with E-state index in [-0.39, 0.29) is 0 Å². The van der Waals surface area contributed by atoms with Crippen LogP contribution in [0.3, 0.4) is 0 Å². The van der Waals surface area contributed by atoms with Crippen molar-refractivity contribution < 1.29 is 13.2 Å². The zero-order chi connectivity index (χ0) is 16.7. The molecule has 0 aliphatic rings. The van der Waals surface area contributed by atoms with Crippen molar-refractivity contribution in [3.8, 4) is 11.1 Å². The highest BCUT2D eigenvalue weighted by molar-refractivity contribution is 5.62. The maximum absolute atomic E-state index is 12.5. The molecule has 23 heavy (non-hydrogen) atoms. The lowest BCUT2D eigenvalue weighted by Gasteiger charge is -2.07. The number of hydrogen-bond acceptors (Lipinski definition) is 1. The quantitative estimate of drug-likeness (QED) is 0.547. The summed E-state index contributed by atoms with van der Waals surface area (Å²) in [7, 11) is 0. The molecule has 1 aromatic carbocycles. The van der Waals surface area contributed by atoms with E-state index in [4.69, 9.17) is 0 Å². The number of unbranched alkanes of at least 4 members (excludes halogenated alkanes) is 4. The van der Waals surface area contributed by atoms with Gasteiger partial charge in [-0.15, -0.1) is 0 Å². The first-order chi connectivity index (χ1) is 11.0. The average Bonchev–Trinajstić information content (AvgIpc) is 2.55. The van der Waals surface area contributed by atoms with Crippen molar-refractivity contribution in [2.75, 3.05) is 0 Å². The van der Waals surface area contributed by atoms with Crippen molar-refractivity contribution >= 4 is 0 Å². The molecular formula is C19H22F3N. The Morgan fingerprint density at radius 1 is 0.826 bits per heavy atom. The number of alkyl halides is 3. The third kappa shape index (κ3) is 5.38. The molecule has 2 aromatic rings. The highest BCUT2D eigenvalue weighted by atomic mass is 19.4. The van der Waals surface area contributed by atoms with Gasteiger partial charge in [0.15, 0.2) is 0 Å². The molecule has 0 saturated heterocycles. The van der Waals surface area contributed by atoms with Crippen molar-refractivity contribution in [3.05, 3.63) is 53.9 Å². The smallest absolute Gasteiger partial charge is 0.251 e. The molecule has 0 aliphatic carbocycles. The van der Waals surface area contributed by atoms with Gasteiger partial charge in [0.05, 0.1) is 0 Å². The normalized spacial score (nSPS) is 11.7. The molecule has 0 unspecified atom stereocenters. The summed E-state index contributed by atoms with van der Waals surface area (Å²) in [6.45, 7) is 2.20. The predicted octanol–water partition coefficient (Wildman–Crippen LogP) is 6.28. The van der Waals surface area contributed by atoms with Gasteiger partial charge < -0.3 is 0 Å².